The van der Waals surface area contributed by atoms with E-state index in [-0.39, 0.29) is 30.8 Å². The van der Waals surface area contributed by atoms with Crippen LogP contribution in [0.5, 0.6) is 0 Å². The number of aliphatic hydroxyl groups excluding tert-OH is 2. The van der Waals surface area contributed by atoms with Crippen molar-refractivity contribution in [2.45, 2.75) is 64.0 Å². The first kappa shape index (κ1) is 23.0. The zero-order valence-corrected chi connectivity index (χ0v) is 18.3. The van der Waals surface area contributed by atoms with Crippen LogP contribution >= 0.6 is 0 Å². The lowest BCUT2D eigenvalue weighted by molar-refractivity contribution is -0.115. The number of ketones is 1. The molecule has 2 atom stereocenters. The number of benzene rings is 2. The van der Waals surface area contributed by atoms with Crippen molar-refractivity contribution in [3.05, 3.63) is 47.5 Å². The van der Waals surface area contributed by atoms with Gasteiger partial charge in [-0.2, -0.15) is 5.26 Å². The van der Waals surface area contributed by atoms with Gasteiger partial charge in [-0.25, -0.2) is 0 Å². The van der Waals surface area contributed by atoms with Gasteiger partial charge in [-0.1, -0.05) is 31.5 Å². The first-order valence-electron chi connectivity index (χ1n) is 11.3. The molecule has 0 bridgehead atoms. The van der Waals surface area contributed by atoms with E-state index in [0.29, 0.717) is 6.04 Å². The van der Waals surface area contributed by atoms with Gasteiger partial charge in [0.15, 0.2) is 5.78 Å². The van der Waals surface area contributed by atoms with Gasteiger partial charge in [0.05, 0.1) is 18.3 Å². The number of allylic oxidation sites excluding steroid dienone is 1. The molecule has 1 aliphatic rings. The summed E-state index contributed by atoms with van der Waals surface area (Å²) in [5.41, 5.74) is 2.13. The average molecular weight is 421 g/mol. The van der Waals surface area contributed by atoms with Gasteiger partial charge in [0, 0.05) is 24.7 Å². The Morgan fingerprint density at radius 2 is 2.03 bits per heavy atom. The lowest BCUT2D eigenvalue weighted by Crippen LogP contribution is -2.39. The van der Waals surface area contributed by atoms with Gasteiger partial charge in [-0.15, -0.1) is 0 Å². The zero-order valence-electron chi connectivity index (χ0n) is 18.3. The van der Waals surface area contributed by atoms with Crippen LogP contribution in [0.4, 0.5) is 5.69 Å². The summed E-state index contributed by atoms with van der Waals surface area (Å²) in [6, 6.07) is 15.1. The van der Waals surface area contributed by atoms with E-state index in [9.17, 15) is 15.2 Å². The van der Waals surface area contributed by atoms with E-state index in [1.165, 1.54) is 37.8 Å². The molecule has 164 valence electrons. The fourth-order valence-electron chi connectivity index (χ4n) is 4.36. The number of hydrogen-bond donors (Lipinski definition) is 2. The van der Waals surface area contributed by atoms with E-state index in [0.717, 1.165) is 22.9 Å². The van der Waals surface area contributed by atoms with Gasteiger partial charge in [0.2, 0.25) is 0 Å². The molecular formula is C26H32N2O3. The Bertz CT molecular complexity index is 974. The van der Waals surface area contributed by atoms with Crippen LogP contribution in [0, 0.1) is 11.3 Å². The highest BCUT2D eigenvalue weighted by atomic mass is 16.3. The molecule has 0 saturated carbocycles. The third-order valence-corrected chi connectivity index (χ3v) is 6.08. The summed E-state index contributed by atoms with van der Waals surface area (Å²) in [6.07, 6.45) is 7.07. The van der Waals surface area contributed by atoms with Crippen LogP contribution in [0.25, 0.3) is 16.8 Å². The fourth-order valence-corrected chi connectivity index (χ4v) is 4.36. The minimum absolute atomic E-state index is 0.0345. The number of fused-ring (bicyclic) bond motifs is 1. The van der Waals surface area contributed by atoms with Gasteiger partial charge in [0.25, 0.3) is 0 Å². The second kappa shape index (κ2) is 11.1. The highest BCUT2D eigenvalue weighted by molar-refractivity contribution is 6.03. The van der Waals surface area contributed by atoms with E-state index < -0.39 is 6.10 Å². The molecule has 0 amide bonds. The smallest absolute Gasteiger partial charge is 0.173 e. The minimum Gasteiger partial charge on any atom is -0.394 e. The summed E-state index contributed by atoms with van der Waals surface area (Å²) in [5.74, 6) is -0.322. The van der Waals surface area contributed by atoms with Crippen LogP contribution in [-0.2, 0) is 4.79 Å². The van der Waals surface area contributed by atoms with Crippen molar-refractivity contribution in [3.63, 3.8) is 0 Å². The van der Waals surface area contributed by atoms with Gasteiger partial charge < -0.3 is 15.1 Å². The van der Waals surface area contributed by atoms with E-state index >= 15 is 0 Å². The topological polar surface area (TPSA) is 84.6 Å². The minimum atomic E-state index is -0.935. The Hall–Kier alpha value is -2.68. The van der Waals surface area contributed by atoms with Gasteiger partial charge in [-0.05, 0) is 72.7 Å². The van der Waals surface area contributed by atoms with Crippen LogP contribution in [0.2, 0.25) is 0 Å². The number of rotatable bonds is 9. The van der Waals surface area contributed by atoms with Crippen molar-refractivity contribution >= 4 is 28.3 Å². The number of Topliss-reactive ketones (excluding diaryl/α,β-unsaturated/α-hetero) is 1. The summed E-state index contributed by atoms with van der Waals surface area (Å²) in [7, 11) is 0. The first-order valence-corrected chi connectivity index (χ1v) is 11.3. The summed E-state index contributed by atoms with van der Waals surface area (Å²) in [6.45, 7) is 2.97. The van der Waals surface area contributed by atoms with Gasteiger partial charge in [0.1, 0.15) is 6.07 Å². The number of hydrogen-bond acceptors (Lipinski definition) is 5. The van der Waals surface area contributed by atoms with Gasteiger partial charge in [-0.3, -0.25) is 4.79 Å². The maximum atomic E-state index is 12.3. The molecule has 5 nitrogen and oxygen atoms in total. The monoisotopic (exact) mass is 420 g/mol. The summed E-state index contributed by atoms with van der Waals surface area (Å²) in [5, 5.41) is 29.9. The van der Waals surface area contributed by atoms with Crippen LogP contribution in [-0.4, -0.2) is 41.3 Å². The predicted molar refractivity (Wildman–Crippen MR) is 125 cm³/mol. The molecule has 3 rings (SSSR count). The molecule has 31 heavy (non-hydrogen) atoms. The second-order valence-electron chi connectivity index (χ2n) is 8.39. The fraction of sp³-hybridized carbons (Fsp3) is 0.462. The normalized spacial score (nSPS) is 18.1. The molecule has 2 unspecified atom stereocenters. The van der Waals surface area contributed by atoms with Gasteiger partial charge >= 0.3 is 0 Å². The Morgan fingerprint density at radius 1 is 1.26 bits per heavy atom. The number of piperidine rings is 1. The number of aliphatic hydroxyl groups is 2. The largest absolute Gasteiger partial charge is 0.394 e. The molecule has 1 fully saturated rings. The van der Waals surface area contributed by atoms with E-state index in [1.54, 1.807) is 6.08 Å². The van der Waals surface area contributed by atoms with Crippen molar-refractivity contribution in [2.75, 3.05) is 18.1 Å². The molecule has 0 radical (unpaired) electrons. The maximum absolute atomic E-state index is 12.3. The molecule has 1 aliphatic heterocycles. The first-order chi connectivity index (χ1) is 15.0. The molecule has 2 aromatic rings. The molecular weight excluding hydrogens is 388 g/mol. The molecule has 0 aliphatic carbocycles. The lowest BCUT2D eigenvalue weighted by atomic mass is 9.96. The second-order valence-corrected chi connectivity index (χ2v) is 8.39. The molecule has 1 heterocycles. The van der Waals surface area contributed by atoms with Crippen LogP contribution < -0.4 is 4.90 Å². The van der Waals surface area contributed by atoms with Crippen molar-refractivity contribution in [2.24, 2.45) is 0 Å². The number of carbonyl (C=O) groups excluding carboxylic acids is 1. The number of carbonyl (C=O) groups is 1. The Morgan fingerprint density at radius 3 is 2.77 bits per heavy atom. The van der Waals surface area contributed by atoms with Crippen molar-refractivity contribution in [1.82, 2.24) is 0 Å². The maximum Gasteiger partial charge on any atom is 0.173 e. The highest BCUT2D eigenvalue weighted by Gasteiger charge is 2.22. The molecule has 1 saturated heterocycles. The summed E-state index contributed by atoms with van der Waals surface area (Å²) >= 11 is 0. The van der Waals surface area contributed by atoms with Crippen molar-refractivity contribution in [3.8, 4) is 6.07 Å². The molecule has 0 spiro atoms. The number of nitriles is 1. The van der Waals surface area contributed by atoms with Crippen LogP contribution in [0.1, 0.15) is 57.4 Å². The lowest BCUT2D eigenvalue weighted by Gasteiger charge is -2.37. The van der Waals surface area contributed by atoms with E-state index in [4.69, 9.17) is 5.11 Å². The van der Waals surface area contributed by atoms with E-state index in [2.05, 4.69) is 30.0 Å². The van der Waals surface area contributed by atoms with Crippen LogP contribution in [0.15, 0.2) is 42.0 Å². The standard InChI is InChI=1S/C26H32N2O3/c1-2-5-23-6-3-4-13-28(23)24-10-9-20-14-19(7-8-21(20)16-24)15-22(17-27)26(31)12-11-25(30)18-29/h7-10,14-16,23,25,29-30H,2-6,11-13,18H2,1H3/b22-15+. The third kappa shape index (κ3) is 5.94. The predicted octanol–water partition coefficient (Wildman–Crippen LogP) is 4.61. The molecule has 5 heteroatoms. The van der Waals surface area contributed by atoms with Crippen molar-refractivity contribution in [1.29, 1.82) is 5.26 Å². The zero-order chi connectivity index (χ0) is 22.2. The average Bonchev–Trinajstić information content (AvgIpc) is 2.80. The molecule has 2 N–H and O–H groups in total. The van der Waals surface area contributed by atoms with Crippen molar-refractivity contribution < 1.29 is 15.0 Å². The quantitative estimate of drug-likeness (QED) is 0.457. The number of anilines is 1. The SMILES string of the molecule is CCCC1CCCCN1c1ccc2cc(/C=C(\C#N)C(=O)CCC(O)CO)ccc2c1. The summed E-state index contributed by atoms with van der Waals surface area (Å²) < 4.78 is 0. The number of nitrogens with zero attached hydrogens (tertiary/aromatic N) is 2. The van der Waals surface area contributed by atoms with Crippen LogP contribution in [0.3, 0.4) is 0 Å². The highest BCUT2D eigenvalue weighted by Crippen LogP contribution is 2.30. The molecule has 2 aromatic carbocycles. The summed E-state index contributed by atoms with van der Waals surface area (Å²) in [4.78, 5) is 14.8. The Balaban J connectivity index is 1.80. The Kier molecular flexibility index (Phi) is 8.22. The third-order valence-electron chi connectivity index (χ3n) is 6.08. The molecule has 0 aromatic heterocycles. The Labute approximate surface area is 184 Å². The van der Waals surface area contributed by atoms with E-state index in [1.807, 2.05) is 24.3 Å².